The summed E-state index contributed by atoms with van der Waals surface area (Å²) in [5.41, 5.74) is 9.92. The summed E-state index contributed by atoms with van der Waals surface area (Å²) >= 11 is 0. The highest BCUT2D eigenvalue weighted by molar-refractivity contribution is 6.15. The molecule has 196 valence electrons. The van der Waals surface area contributed by atoms with Crippen molar-refractivity contribution in [1.29, 1.82) is 0 Å². The second kappa shape index (κ2) is 10.0. The molecule has 0 bridgehead atoms. The van der Waals surface area contributed by atoms with Gasteiger partial charge >= 0.3 is 0 Å². The lowest BCUT2D eigenvalue weighted by Gasteiger charge is -2.13. The van der Waals surface area contributed by atoms with Gasteiger partial charge in [0.25, 0.3) is 0 Å². The fraction of sp³-hybridized carbons (Fsp3) is 0. The minimum Gasteiger partial charge on any atom is -0.254 e. The molecule has 8 aromatic rings. The van der Waals surface area contributed by atoms with Crippen molar-refractivity contribution in [3.05, 3.63) is 146 Å². The second-order valence-electron chi connectivity index (χ2n) is 10.3. The van der Waals surface area contributed by atoms with Gasteiger partial charge in [-0.25, -0.2) is 15.0 Å². The molecule has 0 saturated heterocycles. The number of pyridine rings is 2. The van der Waals surface area contributed by atoms with Crippen LogP contribution in [0, 0.1) is 0 Å². The number of hydrogen-bond donors (Lipinski definition) is 0. The first kappa shape index (κ1) is 24.1. The van der Waals surface area contributed by atoms with E-state index in [0.29, 0.717) is 5.82 Å². The van der Waals surface area contributed by atoms with Crippen LogP contribution in [-0.2, 0) is 0 Å². The number of benzene rings is 5. The third-order valence-electron chi connectivity index (χ3n) is 7.72. The van der Waals surface area contributed by atoms with Gasteiger partial charge in [0.2, 0.25) is 0 Å². The van der Waals surface area contributed by atoms with Crippen molar-refractivity contribution < 1.29 is 0 Å². The van der Waals surface area contributed by atoms with Gasteiger partial charge in [-0.2, -0.15) is 0 Å². The van der Waals surface area contributed by atoms with E-state index in [1.165, 1.54) is 0 Å². The Kier molecular flexibility index (Phi) is 5.75. The average Bonchev–Trinajstić information content (AvgIpc) is 3.08. The highest BCUT2D eigenvalue weighted by Gasteiger charge is 2.15. The molecule has 0 saturated carbocycles. The number of nitrogens with zero attached hydrogens (tertiary/aromatic N) is 4. The Labute approximate surface area is 243 Å². The Hall–Kier alpha value is -5.74. The summed E-state index contributed by atoms with van der Waals surface area (Å²) in [5.74, 6) is 0.696. The van der Waals surface area contributed by atoms with E-state index in [-0.39, 0.29) is 0 Å². The Balaban J connectivity index is 1.30. The van der Waals surface area contributed by atoms with Gasteiger partial charge in [-0.05, 0) is 23.8 Å². The normalized spacial score (nSPS) is 11.3. The van der Waals surface area contributed by atoms with Crippen molar-refractivity contribution in [3.8, 4) is 45.0 Å². The molecule has 4 nitrogen and oxygen atoms in total. The molecule has 0 N–H and O–H groups in total. The smallest absolute Gasteiger partial charge is 0.160 e. The number of rotatable bonds is 4. The third kappa shape index (κ3) is 4.18. The molecule has 0 spiro atoms. The van der Waals surface area contributed by atoms with Gasteiger partial charge in [0.05, 0.1) is 27.9 Å². The standard InChI is InChI=1S/C38H24N4/c1-3-10-25(11-4-1)33-24-34(26-12-5-2-6-13-26)42-38(41-33)29-19-17-27(18-20-29)35-30-15-7-8-16-32(30)40-37-31(35)22-21-28-14-9-23-39-36(28)37/h1-24H. The molecule has 0 unspecified atom stereocenters. The van der Waals surface area contributed by atoms with Crippen molar-refractivity contribution in [1.82, 2.24) is 19.9 Å². The first-order valence-corrected chi connectivity index (χ1v) is 14.0. The van der Waals surface area contributed by atoms with Crippen molar-refractivity contribution in [3.63, 3.8) is 0 Å². The zero-order chi connectivity index (χ0) is 27.9. The maximum absolute atomic E-state index is 5.05. The van der Waals surface area contributed by atoms with E-state index in [1.807, 2.05) is 54.7 Å². The lowest BCUT2D eigenvalue weighted by molar-refractivity contribution is 1.18. The average molecular weight is 537 g/mol. The van der Waals surface area contributed by atoms with Crippen LogP contribution < -0.4 is 0 Å². The molecule has 0 fully saturated rings. The predicted molar refractivity (Wildman–Crippen MR) is 172 cm³/mol. The van der Waals surface area contributed by atoms with E-state index in [4.69, 9.17) is 19.9 Å². The summed E-state index contributed by atoms with van der Waals surface area (Å²) in [7, 11) is 0. The van der Waals surface area contributed by atoms with E-state index < -0.39 is 0 Å². The molecule has 0 aliphatic rings. The summed E-state index contributed by atoms with van der Waals surface area (Å²) in [6.45, 7) is 0. The highest BCUT2D eigenvalue weighted by Crippen LogP contribution is 2.38. The molecule has 3 heterocycles. The summed E-state index contributed by atoms with van der Waals surface area (Å²) in [5, 5.41) is 3.28. The molecule has 3 aromatic heterocycles. The Morgan fingerprint density at radius 2 is 1.05 bits per heavy atom. The maximum atomic E-state index is 5.05. The lowest BCUT2D eigenvalue weighted by Crippen LogP contribution is -1.96. The summed E-state index contributed by atoms with van der Waals surface area (Å²) < 4.78 is 0. The number of fused-ring (bicyclic) bond motifs is 4. The molecular formula is C38H24N4. The molecular weight excluding hydrogens is 512 g/mol. The minimum absolute atomic E-state index is 0.696. The van der Waals surface area contributed by atoms with E-state index in [2.05, 4.69) is 91.0 Å². The number of para-hydroxylation sites is 1. The molecule has 0 amide bonds. The van der Waals surface area contributed by atoms with Crippen LogP contribution in [0.1, 0.15) is 0 Å². The number of aromatic nitrogens is 4. The van der Waals surface area contributed by atoms with Gasteiger partial charge in [0.1, 0.15) is 0 Å². The van der Waals surface area contributed by atoms with Gasteiger partial charge in [-0.15, -0.1) is 0 Å². The van der Waals surface area contributed by atoms with Crippen LogP contribution in [0.4, 0.5) is 0 Å². The zero-order valence-corrected chi connectivity index (χ0v) is 22.6. The van der Waals surface area contributed by atoms with Crippen molar-refractivity contribution in [2.75, 3.05) is 0 Å². The van der Waals surface area contributed by atoms with Gasteiger partial charge in [0.15, 0.2) is 5.82 Å². The van der Waals surface area contributed by atoms with E-state index >= 15 is 0 Å². The summed E-state index contributed by atoms with van der Waals surface area (Å²) in [6.07, 6.45) is 1.83. The van der Waals surface area contributed by atoms with Crippen LogP contribution in [0.2, 0.25) is 0 Å². The van der Waals surface area contributed by atoms with Gasteiger partial charge in [0, 0.05) is 44.6 Å². The molecule has 5 aromatic carbocycles. The van der Waals surface area contributed by atoms with Crippen LogP contribution >= 0.6 is 0 Å². The van der Waals surface area contributed by atoms with Crippen molar-refractivity contribution in [2.24, 2.45) is 0 Å². The van der Waals surface area contributed by atoms with Crippen molar-refractivity contribution in [2.45, 2.75) is 0 Å². The van der Waals surface area contributed by atoms with Gasteiger partial charge in [-0.3, -0.25) is 4.98 Å². The molecule has 0 aliphatic heterocycles. The predicted octanol–water partition coefficient (Wildman–Crippen LogP) is 9.39. The largest absolute Gasteiger partial charge is 0.254 e. The van der Waals surface area contributed by atoms with E-state index in [1.54, 1.807) is 0 Å². The minimum atomic E-state index is 0.696. The van der Waals surface area contributed by atoms with Crippen molar-refractivity contribution >= 4 is 32.7 Å². The van der Waals surface area contributed by atoms with Crippen LogP contribution in [0.3, 0.4) is 0 Å². The Bertz CT molecular complexity index is 2170. The molecule has 0 radical (unpaired) electrons. The van der Waals surface area contributed by atoms with Crippen LogP contribution in [-0.4, -0.2) is 19.9 Å². The topological polar surface area (TPSA) is 51.6 Å². The quantitative estimate of drug-likeness (QED) is 0.166. The van der Waals surface area contributed by atoms with Crippen LogP contribution in [0.25, 0.3) is 77.7 Å². The molecule has 0 atom stereocenters. The summed E-state index contributed by atoms with van der Waals surface area (Å²) in [6, 6.07) is 47.8. The highest BCUT2D eigenvalue weighted by atomic mass is 14.9. The SMILES string of the molecule is c1ccc(-c2cc(-c3ccccc3)nc(-c3ccc(-c4c5ccccc5nc5c4ccc4cccnc45)cc3)n2)cc1. The van der Waals surface area contributed by atoms with Gasteiger partial charge in [-0.1, -0.05) is 121 Å². The van der Waals surface area contributed by atoms with Crippen LogP contribution in [0.5, 0.6) is 0 Å². The first-order chi connectivity index (χ1) is 20.8. The first-order valence-electron chi connectivity index (χ1n) is 14.0. The van der Waals surface area contributed by atoms with E-state index in [0.717, 1.165) is 71.9 Å². The van der Waals surface area contributed by atoms with E-state index in [9.17, 15) is 0 Å². The molecule has 8 rings (SSSR count). The fourth-order valence-electron chi connectivity index (χ4n) is 5.68. The second-order valence-corrected chi connectivity index (χ2v) is 10.3. The fourth-order valence-corrected chi connectivity index (χ4v) is 5.68. The lowest BCUT2D eigenvalue weighted by atomic mass is 9.94. The molecule has 42 heavy (non-hydrogen) atoms. The maximum Gasteiger partial charge on any atom is 0.160 e. The number of hydrogen-bond acceptors (Lipinski definition) is 4. The molecule has 0 aliphatic carbocycles. The Morgan fingerprint density at radius 1 is 0.405 bits per heavy atom. The van der Waals surface area contributed by atoms with Gasteiger partial charge < -0.3 is 0 Å². The monoisotopic (exact) mass is 536 g/mol. The van der Waals surface area contributed by atoms with Crippen LogP contribution in [0.15, 0.2) is 146 Å². The molecule has 4 heteroatoms. The Morgan fingerprint density at radius 3 is 1.76 bits per heavy atom. The zero-order valence-electron chi connectivity index (χ0n) is 22.6. The third-order valence-corrected chi connectivity index (χ3v) is 7.72. The summed E-state index contributed by atoms with van der Waals surface area (Å²) in [4.78, 5) is 19.8.